The smallest absolute Gasteiger partial charge is 0.159 e. The Labute approximate surface area is 82.5 Å². The molecule has 1 atom stereocenters. The summed E-state index contributed by atoms with van der Waals surface area (Å²) in [6.45, 7) is -0.0380. The summed E-state index contributed by atoms with van der Waals surface area (Å²) in [5.41, 5.74) is 5.43. The average Bonchev–Trinajstić information content (AvgIpc) is 2.10. The molecule has 0 amide bonds. The first-order valence-electron chi connectivity index (χ1n) is 3.59. The molecule has 0 aliphatic carbocycles. The van der Waals surface area contributed by atoms with Crippen molar-refractivity contribution >= 4 is 15.9 Å². The number of hydrogen-bond acceptors (Lipinski definition) is 2. The molecular formula is C8H8BrF2NO. The molecule has 0 bridgehead atoms. The molecule has 0 unspecified atom stereocenters. The van der Waals surface area contributed by atoms with Gasteiger partial charge in [0, 0.05) is 11.0 Å². The normalized spacial score (nSPS) is 13.0. The second-order valence-electron chi connectivity index (χ2n) is 2.54. The quantitative estimate of drug-likeness (QED) is 0.787. The minimum Gasteiger partial charge on any atom is -0.387 e. The Morgan fingerprint density at radius 3 is 2.46 bits per heavy atom. The summed E-state index contributed by atoms with van der Waals surface area (Å²) in [5.74, 6) is -1.95. The van der Waals surface area contributed by atoms with Crippen molar-refractivity contribution in [1.29, 1.82) is 0 Å². The topological polar surface area (TPSA) is 46.2 Å². The molecule has 72 valence electrons. The molecule has 2 nitrogen and oxygen atoms in total. The number of benzene rings is 1. The fourth-order valence-electron chi connectivity index (χ4n) is 0.920. The summed E-state index contributed by atoms with van der Waals surface area (Å²) in [4.78, 5) is 0. The molecule has 0 fully saturated rings. The van der Waals surface area contributed by atoms with Crippen molar-refractivity contribution in [3.05, 3.63) is 33.8 Å². The van der Waals surface area contributed by atoms with E-state index in [9.17, 15) is 13.9 Å². The second-order valence-corrected chi connectivity index (χ2v) is 3.39. The van der Waals surface area contributed by atoms with Crippen LogP contribution in [0.3, 0.4) is 0 Å². The number of rotatable bonds is 2. The van der Waals surface area contributed by atoms with Gasteiger partial charge in [-0.05, 0) is 17.7 Å². The van der Waals surface area contributed by atoms with Crippen molar-refractivity contribution in [2.45, 2.75) is 6.10 Å². The zero-order valence-corrected chi connectivity index (χ0v) is 8.18. The van der Waals surface area contributed by atoms with Gasteiger partial charge in [-0.3, -0.25) is 0 Å². The zero-order chi connectivity index (χ0) is 10.0. The van der Waals surface area contributed by atoms with Crippen LogP contribution in [0.25, 0.3) is 0 Å². The van der Waals surface area contributed by atoms with Gasteiger partial charge in [-0.1, -0.05) is 15.9 Å². The molecule has 0 aromatic heterocycles. The first kappa shape index (κ1) is 10.6. The van der Waals surface area contributed by atoms with Crippen LogP contribution in [0.2, 0.25) is 0 Å². The summed E-state index contributed by atoms with van der Waals surface area (Å²) >= 11 is 3.00. The highest BCUT2D eigenvalue weighted by Gasteiger charge is 2.13. The maximum Gasteiger partial charge on any atom is 0.159 e. The average molecular weight is 252 g/mol. The Morgan fingerprint density at radius 1 is 1.38 bits per heavy atom. The van der Waals surface area contributed by atoms with Gasteiger partial charge in [-0.15, -0.1) is 0 Å². The van der Waals surface area contributed by atoms with Crippen LogP contribution in [-0.2, 0) is 0 Å². The first-order valence-corrected chi connectivity index (χ1v) is 4.38. The molecule has 0 saturated carbocycles. The lowest BCUT2D eigenvalue weighted by Gasteiger charge is -2.10. The Hall–Kier alpha value is -0.520. The van der Waals surface area contributed by atoms with Crippen molar-refractivity contribution in [1.82, 2.24) is 0 Å². The molecule has 0 heterocycles. The monoisotopic (exact) mass is 251 g/mol. The molecule has 0 saturated heterocycles. The lowest BCUT2D eigenvalue weighted by Crippen LogP contribution is -2.12. The number of hydrogen-bond donors (Lipinski definition) is 2. The van der Waals surface area contributed by atoms with Crippen molar-refractivity contribution in [2.24, 2.45) is 5.73 Å². The van der Waals surface area contributed by atoms with E-state index < -0.39 is 17.7 Å². The standard InChI is InChI=1S/C8H8BrF2NO/c9-5-2-7(11)6(10)1-4(5)8(13)3-12/h1-2,8,13H,3,12H2/t8-/m1/s1. The van der Waals surface area contributed by atoms with Gasteiger partial charge < -0.3 is 10.8 Å². The molecule has 0 aliphatic heterocycles. The van der Waals surface area contributed by atoms with Crippen molar-refractivity contribution in [2.75, 3.05) is 6.54 Å². The van der Waals surface area contributed by atoms with Crippen LogP contribution < -0.4 is 5.73 Å². The van der Waals surface area contributed by atoms with Crippen LogP contribution in [0.4, 0.5) is 8.78 Å². The van der Waals surface area contributed by atoms with Gasteiger partial charge in [-0.2, -0.15) is 0 Å². The van der Waals surface area contributed by atoms with E-state index in [1.54, 1.807) is 0 Å². The highest BCUT2D eigenvalue weighted by atomic mass is 79.9. The third kappa shape index (κ3) is 2.24. The number of aliphatic hydroxyl groups is 1. The van der Waals surface area contributed by atoms with Crippen molar-refractivity contribution < 1.29 is 13.9 Å². The van der Waals surface area contributed by atoms with E-state index in [-0.39, 0.29) is 12.1 Å². The largest absolute Gasteiger partial charge is 0.387 e. The van der Waals surface area contributed by atoms with Gasteiger partial charge in [0.05, 0.1) is 6.10 Å². The van der Waals surface area contributed by atoms with Gasteiger partial charge in [0.1, 0.15) is 0 Å². The van der Waals surface area contributed by atoms with E-state index >= 15 is 0 Å². The van der Waals surface area contributed by atoms with Crippen molar-refractivity contribution in [3.63, 3.8) is 0 Å². The third-order valence-electron chi connectivity index (χ3n) is 1.62. The van der Waals surface area contributed by atoms with Crippen LogP contribution in [0.15, 0.2) is 16.6 Å². The van der Waals surface area contributed by atoms with E-state index in [2.05, 4.69) is 15.9 Å². The molecule has 1 aromatic carbocycles. The predicted octanol–water partition coefficient (Wildman–Crippen LogP) is 1.72. The molecule has 1 rings (SSSR count). The maximum atomic E-state index is 12.7. The maximum absolute atomic E-state index is 12.7. The van der Waals surface area contributed by atoms with Gasteiger partial charge in [-0.25, -0.2) is 8.78 Å². The van der Waals surface area contributed by atoms with E-state index in [1.807, 2.05) is 0 Å². The van der Waals surface area contributed by atoms with E-state index in [4.69, 9.17) is 5.73 Å². The van der Waals surface area contributed by atoms with E-state index in [1.165, 1.54) is 0 Å². The molecule has 1 aromatic rings. The molecule has 0 spiro atoms. The Bertz CT molecular complexity index is 319. The fraction of sp³-hybridized carbons (Fsp3) is 0.250. The lowest BCUT2D eigenvalue weighted by atomic mass is 10.1. The zero-order valence-electron chi connectivity index (χ0n) is 6.60. The fourth-order valence-corrected chi connectivity index (χ4v) is 1.50. The summed E-state index contributed by atoms with van der Waals surface area (Å²) in [7, 11) is 0. The van der Waals surface area contributed by atoms with Crippen molar-refractivity contribution in [3.8, 4) is 0 Å². The van der Waals surface area contributed by atoms with Crippen LogP contribution in [0.5, 0.6) is 0 Å². The first-order chi connectivity index (χ1) is 6.06. The molecule has 0 radical (unpaired) electrons. The summed E-state index contributed by atoms with van der Waals surface area (Å²) < 4.78 is 25.6. The molecule has 13 heavy (non-hydrogen) atoms. The molecule has 0 aliphatic rings. The minimum atomic E-state index is -0.995. The van der Waals surface area contributed by atoms with Gasteiger partial charge in [0.2, 0.25) is 0 Å². The van der Waals surface area contributed by atoms with Crippen LogP contribution >= 0.6 is 15.9 Å². The molecule has 5 heteroatoms. The van der Waals surface area contributed by atoms with Crippen LogP contribution in [0, 0.1) is 11.6 Å². The SMILES string of the molecule is NC[C@@H](O)c1cc(F)c(F)cc1Br. The Balaban J connectivity index is 3.15. The van der Waals surface area contributed by atoms with Gasteiger partial charge >= 0.3 is 0 Å². The van der Waals surface area contributed by atoms with Crippen LogP contribution in [0.1, 0.15) is 11.7 Å². The number of halogens is 3. The molecule has 3 N–H and O–H groups in total. The second kappa shape index (κ2) is 4.13. The van der Waals surface area contributed by atoms with Gasteiger partial charge in [0.25, 0.3) is 0 Å². The third-order valence-corrected chi connectivity index (χ3v) is 2.31. The van der Waals surface area contributed by atoms with E-state index in [0.717, 1.165) is 12.1 Å². The summed E-state index contributed by atoms with van der Waals surface area (Å²) in [6, 6.07) is 1.89. The highest BCUT2D eigenvalue weighted by molar-refractivity contribution is 9.10. The number of nitrogens with two attached hydrogens (primary N) is 1. The highest BCUT2D eigenvalue weighted by Crippen LogP contribution is 2.25. The van der Waals surface area contributed by atoms with Gasteiger partial charge in [0.15, 0.2) is 11.6 Å². The Morgan fingerprint density at radius 2 is 1.92 bits per heavy atom. The van der Waals surface area contributed by atoms with Crippen LogP contribution in [-0.4, -0.2) is 11.7 Å². The minimum absolute atomic E-state index is 0.0380. The summed E-state index contributed by atoms with van der Waals surface area (Å²) in [5, 5.41) is 9.28. The predicted molar refractivity (Wildman–Crippen MR) is 48.1 cm³/mol. The number of aliphatic hydroxyl groups excluding tert-OH is 1. The Kier molecular flexibility index (Phi) is 3.35. The summed E-state index contributed by atoms with van der Waals surface area (Å²) in [6.07, 6.45) is -0.982. The molecular weight excluding hydrogens is 244 g/mol. The lowest BCUT2D eigenvalue weighted by molar-refractivity contribution is 0.185. The van der Waals surface area contributed by atoms with E-state index in [0.29, 0.717) is 4.47 Å².